The van der Waals surface area contributed by atoms with Crippen LogP contribution >= 0.6 is 22.7 Å². The maximum Gasteiger partial charge on any atom is 0.139 e. The number of hydrogen-bond donors (Lipinski definition) is 0. The van der Waals surface area contributed by atoms with Crippen LogP contribution in [0.1, 0.15) is 9.75 Å². The van der Waals surface area contributed by atoms with Gasteiger partial charge in [-0.05, 0) is 162 Å². The monoisotopic (exact) mass is 984 g/mol. The van der Waals surface area contributed by atoms with E-state index in [1.54, 1.807) is 0 Å². The quantitative estimate of drug-likeness (QED) is 0.152. The van der Waals surface area contributed by atoms with Crippen LogP contribution < -0.4 is 9.80 Å². The van der Waals surface area contributed by atoms with E-state index in [1.165, 1.54) is 52.2 Å². The molecule has 0 N–H and O–H groups in total. The Bertz CT molecular complexity index is 4390. The normalized spacial score (nSPS) is 11.9. The van der Waals surface area contributed by atoms with Gasteiger partial charge in [0.05, 0.1) is 11.4 Å². The number of aryl methyl sites for hydroxylation is 2. The molecule has 0 saturated carbocycles. The lowest BCUT2D eigenvalue weighted by Crippen LogP contribution is -2.11. The van der Waals surface area contributed by atoms with Crippen LogP contribution in [0, 0.1) is 13.8 Å². The Morgan fingerprint density at radius 2 is 0.689 bits per heavy atom. The second-order valence-electron chi connectivity index (χ2n) is 19.3. The standard InChI is InChI=1S/C68H44N2O2S2/c1-41-31-57-65(73-41)29-27-59(67(57)43-15-7-3-8-16-43)69(49-19-11-5-12-20-49)51-25-23-45-35-53-55-39-56-54-36-46-24-26-52(34-48(46)38-62(54)72-64(56)40-63(55)71-61(53)37-47(45)33-51)70(50-21-13-6-14-22-50)60-28-30-66-58(32-42(2)74-66)68(60)44-17-9-4-10-18-44/h3-40H,1-2H3. The minimum absolute atomic E-state index is 0.803. The molecule has 0 bridgehead atoms. The van der Waals surface area contributed by atoms with Gasteiger partial charge in [-0.2, -0.15) is 0 Å². The molecule has 4 heterocycles. The summed E-state index contributed by atoms with van der Waals surface area (Å²) in [6, 6.07) is 83.7. The van der Waals surface area contributed by atoms with Crippen molar-refractivity contribution in [3.8, 4) is 22.3 Å². The Labute approximate surface area is 434 Å². The van der Waals surface area contributed by atoms with Gasteiger partial charge in [-0.1, -0.05) is 109 Å². The summed E-state index contributed by atoms with van der Waals surface area (Å²) in [4.78, 5) is 7.39. The largest absolute Gasteiger partial charge is 0.456 e. The van der Waals surface area contributed by atoms with Gasteiger partial charge in [0, 0.05) is 91.4 Å². The van der Waals surface area contributed by atoms with Gasteiger partial charge in [-0.15, -0.1) is 22.7 Å². The van der Waals surface area contributed by atoms with Crippen LogP contribution in [0.3, 0.4) is 0 Å². The van der Waals surface area contributed by atoms with E-state index in [0.29, 0.717) is 0 Å². The molecule has 0 aliphatic carbocycles. The zero-order valence-electron chi connectivity index (χ0n) is 40.5. The summed E-state index contributed by atoms with van der Waals surface area (Å²) in [5.74, 6) is 0. The fourth-order valence-corrected chi connectivity index (χ4v) is 13.3. The third-order valence-electron chi connectivity index (χ3n) is 14.7. The summed E-state index contributed by atoms with van der Waals surface area (Å²) < 4.78 is 16.1. The molecule has 0 aliphatic rings. The third-order valence-corrected chi connectivity index (χ3v) is 16.7. The number of hydrogen-bond acceptors (Lipinski definition) is 6. The Morgan fingerprint density at radius 3 is 1.12 bits per heavy atom. The van der Waals surface area contributed by atoms with E-state index in [4.69, 9.17) is 8.83 Å². The molecular weight excluding hydrogens is 941 g/mol. The Morgan fingerprint density at radius 1 is 0.297 bits per heavy atom. The highest BCUT2D eigenvalue weighted by molar-refractivity contribution is 7.19. The van der Waals surface area contributed by atoms with Crippen molar-refractivity contribution in [3.63, 3.8) is 0 Å². The maximum atomic E-state index is 6.76. The van der Waals surface area contributed by atoms with E-state index >= 15 is 0 Å². The Balaban J connectivity index is 0.838. The highest BCUT2D eigenvalue weighted by Gasteiger charge is 2.24. The molecule has 6 heteroatoms. The van der Waals surface area contributed by atoms with Crippen LogP contribution in [-0.2, 0) is 0 Å². The zero-order valence-corrected chi connectivity index (χ0v) is 42.1. The summed E-state index contributed by atoms with van der Waals surface area (Å²) >= 11 is 3.69. The number of furan rings is 2. The second-order valence-corrected chi connectivity index (χ2v) is 21.9. The van der Waals surface area contributed by atoms with Gasteiger partial charge in [0.25, 0.3) is 0 Å². The summed E-state index contributed by atoms with van der Waals surface area (Å²) in [6.07, 6.45) is 0. The lowest BCUT2D eigenvalue weighted by atomic mass is 9.97. The number of nitrogens with zero attached hydrogens (tertiary/aromatic N) is 2. The van der Waals surface area contributed by atoms with Crippen molar-refractivity contribution >= 4 is 142 Å². The molecule has 4 nitrogen and oxygen atoms in total. The molecule has 0 saturated heterocycles. The first kappa shape index (κ1) is 42.7. The number of thiophene rings is 2. The molecule has 0 radical (unpaired) electrons. The van der Waals surface area contributed by atoms with E-state index in [-0.39, 0.29) is 0 Å². The average molecular weight is 985 g/mol. The Hall–Kier alpha value is -8.94. The van der Waals surface area contributed by atoms with Gasteiger partial charge in [-0.25, -0.2) is 0 Å². The molecule has 15 rings (SSSR count). The van der Waals surface area contributed by atoms with E-state index in [0.717, 1.165) is 99.5 Å². The van der Waals surface area contributed by atoms with Crippen LogP contribution in [0.4, 0.5) is 34.1 Å². The van der Waals surface area contributed by atoms with Crippen molar-refractivity contribution in [2.45, 2.75) is 13.8 Å². The molecule has 0 unspecified atom stereocenters. The fraction of sp³-hybridized carbons (Fsp3) is 0.0294. The van der Waals surface area contributed by atoms with Gasteiger partial charge in [0.2, 0.25) is 0 Å². The number of para-hydroxylation sites is 2. The van der Waals surface area contributed by atoms with Crippen molar-refractivity contribution in [2.24, 2.45) is 0 Å². The van der Waals surface area contributed by atoms with E-state index in [2.05, 4.69) is 254 Å². The second kappa shape index (κ2) is 16.8. The summed E-state index contributed by atoms with van der Waals surface area (Å²) in [6.45, 7) is 4.39. The molecule has 0 spiro atoms. The average Bonchev–Trinajstić information content (AvgIpc) is 4.20. The van der Waals surface area contributed by atoms with E-state index in [9.17, 15) is 0 Å². The van der Waals surface area contributed by atoms with Gasteiger partial charge >= 0.3 is 0 Å². The molecule has 11 aromatic carbocycles. The van der Waals surface area contributed by atoms with Crippen molar-refractivity contribution in [3.05, 3.63) is 240 Å². The van der Waals surface area contributed by atoms with Crippen LogP contribution in [0.15, 0.2) is 239 Å². The predicted octanol–water partition coefficient (Wildman–Crippen LogP) is 21.1. The molecule has 0 atom stereocenters. The van der Waals surface area contributed by atoms with Crippen LogP contribution in [0.25, 0.3) is 108 Å². The molecule has 74 heavy (non-hydrogen) atoms. The molecule has 0 amide bonds. The predicted molar refractivity (Wildman–Crippen MR) is 316 cm³/mol. The van der Waals surface area contributed by atoms with E-state index < -0.39 is 0 Å². The number of benzene rings is 11. The highest BCUT2D eigenvalue weighted by Crippen LogP contribution is 2.49. The summed E-state index contributed by atoms with van der Waals surface area (Å²) in [5.41, 5.74) is 14.7. The fourth-order valence-electron chi connectivity index (χ4n) is 11.4. The van der Waals surface area contributed by atoms with E-state index in [1.807, 2.05) is 22.7 Å². The molecule has 4 aromatic heterocycles. The smallest absolute Gasteiger partial charge is 0.139 e. The first-order chi connectivity index (χ1) is 36.5. The highest BCUT2D eigenvalue weighted by atomic mass is 32.1. The van der Waals surface area contributed by atoms with Crippen LogP contribution in [-0.4, -0.2) is 0 Å². The first-order valence-electron chi connectivity index (χ1n) is 25.0. The summed E-state index contributed by atoms with van der Waals surface area (Å²) in [7, 11) is 0. The lowest BCUT2D eigenvalue weighted by Gasteiger charge is -2.28. The van der Waals surface area contributed by atoms with Gasteiger partial charge < -0.3 is 18.6 Å². The van der Waals surface area contributed by atoms with Crippen molar-refractivity contribution in [1.82, 2.24) is 0 Å². The molecular formula is C68H44N2O2S2. The molecule has 0 fully saturated rings. The zero-order chi connectivity index (χ0) is 49.0. The van der Waals surface area contributed by atoms with Crippen molar-refractivity contribution < 1.29 is 8.83 Å². The first-order valence-corrected chi connectivity index (χ1v) is 26.7. The summed E-state index contributed by atoms with van der Waals surface area (Å²) in [5, 5.41) is 11.3. The van der Waals surface area contributed by atoms with Crippen molar-refractivity contribution in [1.29, 1.82) is 0 Å². The minimum Gasteiger partial charge on any atom is -0.456 e. The SMILES string of the molecule is Cc1cc2c(-c3ccccc3)c(N(c3ccccc3)c3ccc4cc5c(cc4c3)oc3cc4oc6cc7cc(N(c8ccccc8)c8ccc9sc(C)cc9c8-c8ccccc8)ccc7cc6c4cc35)ccc2s1. The van der Waals surface area contributed by atoms with Gasteiger partial charge in [-0.3, -0.25) is 0 Å². The van der Waals surface area contributed by atoms with Crippen molar-refractivity contribution in [2.75, 3.05) is 9.80 Å². The Kier molecular flexibility index (Phi) is 9.71. The molecule has 15 aromatic rings. The molecule has 350 valence electrons. The number of rotatable bonds is 8. The maximum absolute atomic E-state index is 6.76. The minimum atomic E-state index is 0.803. The third kappa shape index (κ3) is 6.94. The number of anilines is 6. The van der Waals surface area contributed by atoms with Crippen LogP contribution in [0.2, 0.25) is 0 Å². The van der Waals surface area contributed by atoms with Gasteiger partial charge in [0.15, 0.2) is 0 Å². The van der Waals surface area contributed by atoms with Gasteiger partial charge in [0.1, 0.15) is 22.3 Å². The lowest BCUT2D eigenvalue weighted by molar-refractivity contribution is 0.656. The van der Waals surface area contributed by atoms with Crippen LogP contribution in [0.5, 0.6) is 0 Å². The molecule has 0 aliphatic heterocycles. The number of fused-ring (bicyclic) bond motifs is 10. The topological polar surface area (TPSA) is 32.8 Å².